The van der Waals surface area contributed by atoms with Gasteiger partial charge in [0.25, 0.3) is 0 Å². The van der Waals surface area contributed by atoms with Crippen LogP contribution in [0.25, 0.3) is 0 Å². The van der Waals surface area contributed by atoms with Gasteiger partial charge in [-0.05, 0) is 12.5 Å². The van der Waals surface area contributed by atoms with Gasteiger partial charge in [0.15, 0.2) is 23.7 Å². The van der Waals surface area contributed by atoms with Crippen LogP contribution in [0.1, 0.15) is 18.9 Å². The van der Waals surface area contributed by atoms with Crippen molar-refractivity contribution in [2.75, 3.05) is 14.2 Å². The van der Waals surface area contributed by atoms with E-state index in [1.165, 1.54) is 26.0 Å². The van der Waals surface area contributed by atoms with E-state index in [2.05, 4.69) is 10.5 Å². The molecule has 1 aliphatic rings. The van der Waals surface area contributed by atoms with E-state index in [1.54, 1.807) is 0 Å². The molecule has 0 amide bonds. The highest BCUT2D eigenvalue weighted by Gasteiger charge is 2.31. The molecule has 2 rings (SSSR count). The second kappa shape index (κ2) is 6.95. The van der Waals surface area contributed by atoms with Gasteiger partial charge < -0.3 is 14.3 Å². The summed E-state index contributed by atoms with van der Waals surface area (Å²) in [7, 11) is 2.47. The van der Waals surface area contributed by atoms with Gasteiger partial charge >= 0.3 is 0 Å². The van der Waals surface area contributed by atoms with Crippen molar-refractivity contribution in [3.63, 3.8) is 0 Å². The van der Waals surface area contributed by atoms with E-state index in [0.29, 0.717) is 12.1 Å². The molecule has 5 nitrogen and oxygen atoms in total. The van der Waals surface area contributed by atoms with Gasteiger partial charge in [-0.3, -0.25) is 5.43 Å². The number of aldehydes is 1. The van der Waals surface area contributed by atoms with E-state index >= 15 is 0 Å². The Hall–Kier alpha value is -1.83. The average molecular weight is 330 g/mol. The SMILES string of the molecule is CCC1SC(C=O)NN=C1c1cc(F)c(OC)c(OC)c1F. The van der Waals surface area contributed by atoms with E-state index in [9.17, 15) is 13.6 Å². The highest BCUT2D eigenvalue weighted by Crippen LogP contribution is 2.37. The molecule has 2 atom stereocenters. The lowest BCUT2D eigenvalue weighted by atomic mass is 10.0. The van der Waals surface area contributed by atoms with Gasteiger partial charge in [0.2, 0.25) is 5.75 Å². The smallest absolute Gasteiger partial charge is 0.200 e. The van der Waals surface area contributed by atoms with Crippen molar-refractivity contribution in [2.45, 2.75) is 24.0 Å². The molecule has 120 valence electrons. The van der Waals surface area contributed by atoms with Crippen molar-refractivity contribution in [1.82, 2.24) is 5.43 Å². The molecule has 0 spiro atoms. The van der Waals surface area contributed by atoms with Gasteiger partial charge in [0.05, 0.1) is 25.2 Å². The number of hydrazone groups is 1. The molecule has 0 fully saturated rings. The van der Waals surface area contributed by atoms with Gasteiger partial charge in [-0.2, -0.15) is 5.10 Å². The lowest BCUT2D eigenvalue weighted by Gasteiger charge is -2.26. The number of ether oxygens (including phenoxy) is 2. The highest BCUT2D eigenvalue weighted by molar-refractivity contribution is 8.01. The summed E-state index contributed by atoms with van der Waals surface area (Å²) >= 11 is 1.30. The fourth-order valence-corrected chi connectivity index (χ4v) is 3.24. The van der Waals surface area contributed by atoms with E-state index in [0.717, 1.165) is 12.4 Å². The third kappa shape index (κ3) is 2.87. The predicted octanol–water partition coefficient (Wildman–Crippen LogP) is 2.33. The Morgan fingerprint density at radius 1 is 1.36 bits per heavy atom. The topological polar surface area (TPSA) is 59.9 Å². The molecule has 1 aromatic rings. The minimum absolute atomic E-state index is 0.00801. The number of rotatable bonds is 5. The predicted molar refractivity (Wildman–Crippen MR) is 80.7 cm³/mol. The van der Waals surface area contributed by atoms with Crippen molar-refractivity contribution in [1.29, 1.82) is 0 Å². The molecule has 1 heterocycles. The molecular formula is C14H16F2N2O3S. The van der Waals surface area contributed by atoms with Crippen LogP contribution in [-0.4, -0.2) is 36.8 Å². The number of carbonyl (C=O) groups excluding carboxylic acids is 1. The Bertz CT molecular complexity index is 610. The van der Waals surface area contributed by atoms with Crippen LogP contribution in [0.15, 0.2) is 11.2 Å². The zero-order chi connectivity index (χ0) is 16.3. The first kappa shape index (κ1) is 16.5. The molecule has 0 saturated carbocycles. The number of nitrogens with one attached hydrogen (secondary N) is 1. The summed E-state index contributed by atoms with van der Waals surface area (Å²) in [5, 5.41) is 3.32. The number of hydrogen-bond acceptors (Lipinski definition) is 6. The number of methoxy groups -OCH3 is 2. The minimum atomic E-state index is -0.745. The van der Waals surface area contributed by atoms with Crippen LogP contribution in [0.3, 0.4) is 0 Å². The molecule has 0 aromatic heterocycles. The normalized spacial score (nSPS) is 20.9. The molecule has 1 aliphatic heterocycles. The standard InChI is InChI=1S/C14H16F2N2O3S/c1-4-9-12(18-17-10(6-19)22-9)7-5-8(15)13(20-2)14(21-3)11(7)16/h5-6,9-10,17H,4H2,1-3H3. The maximum absolute atomic E-state index is 14.6. The number of nitrogens with zero attached hydrogens (tertiary/aromatic N) is 1. The van der Waals surface area contributed by atoms with Gasteiger partial charge in [0.1, 0.15) is 5.37 Å². The maximum atomic E-state index is 14.6. The summed E-state index contributed by atoms with van der Waals surface area (Å²) < 4.78 is 38.5. The fraction of sp³-hybridized carbons (Fsp3) is 0.429. The fourth-order valence-electron chi connectivity index (χ4n) is 2.21. The summed E-state index contributed by atoms with van der Waals surface area (Å²) in [6, 6.07) is 1.03. The van der Waals surface area contributed by atoms with Crippen molar-refractivity contribution in [2.24, 2.45) is 5.10 Å². The Balaban J connectivity index is 2.54. The number of halogens is 2. The highest BCUT2D eigenvalue weighted by atomic mass is 32.2. The number of thioether (sulfide) groups is 1. The monoisotopic (exact) mass is 330 g/mol. The van der Waals surface area contributed by atoms with E-state index < -0.39 is 17.0 Å². The molecule has 1 aromatic carbocycles. The quantitative estimate of drug-likeness (QED) is 0.840. The molecular weight excluding hydrogens is 314 g/mol. The van der Waals surface area contributed by atoms with Crippen molar-refractivity contribution < 1.29 is 23.0 Å². The molecule has 0 radical (unpaired) electrons. The summed E-state index contributed by atoms with van der Waals surface area (Å²) in [5.74, 6) is -2.09. The average Bonchev–Trinajstić information content (AvgIpc) is 2.55. The Labute approximate surface area is 131 Å². The van der Waals surface area contributed by atoms with Crippen molar-refractivity contribution >= 4 is 23.8 Å². The summed E-state index contributed by atoms with van der Waals surface area (Å²) in [6.07, 6.45) is 1.34. The van der Waals surface area contributed by atoms with Gasteiger partial charge in [-0.15, -0.1) is 11.8 Å². The lowest BCUT2D eigenvalue weighted by molar-refractivity contribution is -0.107. The second-order valence-electron chi connectivity index (χ2n) is 4.50. The van der Waals surface area contributed by atoms with Crippen LogP contribution in [0.2, 0.25) is 0 Å². The van der Waals surface area contributed by atoms with Crippen LogP contribution in [0.5, 0.6) is 11.5 Å². The molecule has 22 heavy (non-hydrogen) atoms. The van der Waals surface area contributed by atoms with Crippen LogP contribution >= 0.6 is 11.8 Å². The Kier molecular flexibility index (Phi) is 5.23. The third-order valence-electron chi connectivity index (χ3n) is 3.24. The van der Waals surface area contributed by atoms with Crippen LogP contribution in [-0.2, 0) is 4.79 Å². The van der Waals surface area contributed by atoms with E-state index in [4.69, 9.17) is 9.47 Å². The summed E-state index contributed by atoms with van der Waals surface area (Å²) in [5.41, 5.74) is 2.94. The van der Waals surface area contributed by atoms with Crippen LogP contribution in [0.4, 0.5) is 8.78 Å². The molecule has 0 saturated heterocycles. The van der Waals surface area contributed by atoms with Gasteiger partial charge in [0, 0.05) is 5.56 Å². The summed E-state index contributed by atoms with van der Waals surface area (Å²) in [6.45, 7) is 1.88. The van der Waals surface area contributed by atoms with E-state index in [-0.39, 0.29) is 22.3 Å². The van der Waals surface area contributed by atoms with E-state index in [1.807, 2.05) is 6.92 Å². The van der Waals surface area contributed by atoms with Crippen LogP contribution in [0, 0.1) is 11.6 Å². The Morgan fingerprint density at radius 3 is 2.59 bits per heavy atom. The van der Waals surface area contributed by atoms with Crippen LogP contribution < -0.4 is 14.9 Å². The third-order valence-corrected chi connectivity index (χ3v) is 4.63. The first-order valence-electron chi connectivity index (χ1n) is 6.61. The molecule has 2 unspecified atom stereocenters. The second-order valence-corrected chi connectivity index (χ2v) is 5.85. The van der Waals surface area contributed by atoms with Gasteiger partial charge in [-0.1, -0.05) is 6.92 Å². The van der Waals surface area contributed by atoms with Crippen molar-refractivity contribution in [3.05, 3.63) is 23.3 Å². The molecule has 1 N–H and O–H groups in total. The largest absolute Gasteiger partial charge is 0.490 e. The van der Waals surface area contributed by atoms with Crippen molar-refractivity contribution in [3.8, 4) is 11.5 Å². The maximum Gasteiger partial charge on any atom is 0.200 e. The number of carbonyl (C=O) groups is 1. The first-order chi connectivity index (χ1) is 10.6. The molecule has 0 aliphatic carbocycles. The molecule has 8 heteroatoms. The van der Waals surface area contributed by atoms with Gasteiger partial charge in [-0.25, -0.2) is 8.78 Å². The Morgan fingerprint density at radius 2 is 2.05 bits per heavy atom. The zero-order valence-electron chi connectivity index (χ0n) is 12.4. The zero-order valence-corrected chi connectivity index (χ0v) is 13.2. The number of benzene rings is 1. The minimum Gasteiger partial charge on any atom is -0.490 e. The summed E-state index contributed by atoms with van der Waals surface area (Å²) in [4.78, 5) is 10.8. The first-order valence-corrected chi connectivity index (χ1v) is 7.55. The molecule has 0 bridgehead atoms. The lowest BCUT2D eigenvalue weighted by Crippen LogP contribution is -2.36. The number of hydrogen-bond donors (Lipinski definition) is 1.